The van der Waals surface area contributed by atoms with Crippen LogP contribution in [0.3, 0.4) is 0 Å². The molecule has 1 amide bonds. The van der Waals surface area contributed by atoms with Gasteiger partial charge in [0.1, 0.15) is 0 Å². The van der Waals surface area contributed by atoms with Gasteiger partial charge in [0.15, 0.2) is 12.0 Å². The molecule has 0 saturated carbocycles. The number of H-pyrrole nitrogens is 1. The van der Waals surface area contributed by atoms with Gasteiger partial charge in [0.25, 0.3) is 5.56 Å². The van der Waals surface area contributed by atoms with E-state index in [1.54, 1.807) is 6.07 Å². The van der Waals surface area contributed by atoms with Gasteiger partial charge >= 0.3 is 0 Å². The van der Waals surface area contributed by atoms with Crippen LogP contribution in [0.1, 0.15) is 50.4 Å². The Balaban J connectivity index is 1.20. The minimum Gasteiger partial charge on any atom is -0.391 e. The maximum Gasteiger partial charge on any atom is 0.272 e. The first-order chi connectivity index (χ1) is 16.8. The van der Waals surface area contributed by atoms with Crippen LogP contribution in [-0.2, 0) is 9.63 Å². The van der Waals surface area contributed by atoms with Crippen LogP contribution < -0.4 is 21.7 Å². The Bertz CT molecular complexity index is 1270. The molecule has 1 unspecified atom stereocenters. The number of hydrogen-bond acceptors (Lipinski definition) is 7. The lowest BCUT2D eigenvalue weighted by Gasteiger charge is -2.26. The first kappa shape index (κ1) is 24.4. The highest BCUT2D eigenvalue weighted by Gasteiger charge is 2.22. The van der Waals surface area contributed by atoms with Crippen molar-refractivity contribution < 1.29 is 9.63 Å². The summed E-state index contributed by atoms with van der Waals surface area (Å²) in [5.74, 6) is 1.23. The van der Waals surface area contributed by atoms with Gasteiger partial charge in [-0.15, -0.1) is 5.48 Å². The zero-order valence-electron chi connectivity index (χ0n) is 20.4. The summed E-state index contributed by atoms with van der Waals surface area (Å²) in [6.07, 6.45) is 1.44. The fourth-order valence-electron chi connectivity index (χ4n) is 3.79. The molecule has 2 aromatic carbocycles. The fourth-order valence-corrected chi connectivity index (χ4v) is 3.79. The molecule has 9 nitrogen and oxygen atoms in total. The third-order valence-electron chi connectivity index (χ3n) is 5.94. The maximum absolute atomic E-state index is 12.4. The molecule has 1 aromatic heterocycles. The van der Waals surface area contributed by atoms with Gasteiger partial charge in [-0.05, 0) is 30.4 Å². The van der Waals surface area contributed by atoms with E-state index in [-0.39, 0.29) is 23.0 Å². The molecule has 9 heteroatoms. The number of carbonyl (C=O) groups excluding carboxylic acids is 1. The van der Waals surface area contributed by atoms with Crippen molar-refractivity contribution in [3.05, 3.63) is 70.0 Å². The molecule has 0 bridgehead atoms. The summed E-state index contributed by atoms with van der Waals surface area (Å²) in [5, 5.41) is 14.4. The van der Waals surface area contributed by atoms with Crippen LogP contribution in [0.15, 0.2) is 58.3 Å². The first-order valence-electron chi connectivity index (χ1n) is 11.8. The number of carbonyl (C=O) groups is 1. The number of fused-ring (bicyclic) bond motifs is 1. The number of anilines is 1. The molecule has 0 spiro atoms. The van der Waals surface area contributed by atoms with E-state index in [1.165, 1.54) is 5.56 Å². The number of aryl methyl sites for hydroxylation is 1. The van der Waals surface area contributed by atoms with Gasteiger partial charge in [0, 0.05) is 31.3 Å². The molecular formula is C26H32N6O3. The van der Waals surface area contributed by atoms with Crippen molar-refractivity contribution in [3.63, 3.8) is 0 Å². The van der Waals surface area contributed by atoms with E-state index in [9.17, 15) is 9.59 Å². The number of aromatic nitrogens is 2. The van der Waals surface area contributed by atoms with Crippen molar-refractivity contribution in [2.24, 2.45) is 10.4 Å². The number of hydrogen-bond donors (Lipinski definition) is 4. The molecule has 184 valence electrons. The van der Waals surface area contributed by atoms with E-state index in [0.29, 0.717) is 49.5 Å². The van der Waals surface area contributed by atoms with Crippen LogP contribution in [0.2, 0.25) is 0 Å². The van der Waals surface area contributed by atoms with Crippen LogP contribution in [0.25, 0.3) is 10.8 Å². The quantitative estimate of drug-likeness (QED) is 0.355. The number of aromatic amines is 1. The van der Waals surface area contributed by atoms with Gasteiger partial charge in [-0.1, -0.05) is 61.9 Å². The fraction of sp³-hybridized carbons (Fsp3) is 0.385. The summed E-state index contributed by atoms with van der Waals surface area (Å²) < 4.78 is 0. The largest absolute Gasteiger partial charge is 0.391 e. The summed E-state index contributed by atoms with van der Waals surface area (Å²) in [6, 6.07) is 15.5. The minimum absolute atomic E-state index is 0.00710. The highest BCUT2D eigenvalue weighted by molar-refractivity contribution is 5.90. The molecule has 0 radical (unpaired) electrons. The number of amides is 1. The SMILES string of the molecule is Cc1ccc(C2N=C(CCCC(=O)NCC(C)(C)CNc3n[nH]c(=O)c4ccccc34)ON2)cc1. The van der Waals surface area contributed by atoms with Crippen molar-refractivity contribution in [2.45, 2.75) is 46.2 Å². The smallest absolute Gasteiger partial charge is 0.272 e. The molecule has 4 rings (SSSR count). The first-order valence-corrected chi connectivity index (χ1v) is 11.8. The second-order valence-corrected chi connectivity index (χ2v) is 9.65. The second kappa shape index (κ2) is 10.7. The average molecular weight is 477 g/mol. The lowest BCUT2D eigenvalue weighted by molar-refractivity contribution is -0.121. The molecular weight excluding hydrogens is 444 g/mol. The third-order valence-corrected chi connectivity index (χ3v) is 5.94. The van der Waals surface area contributed by atoms with Crippen molar-refractivity contribution in [3.8, 4) is 0 Å². The van der Waals surface area contributed by atoms with Crippen LogP contribution in [0.4, 0.5) is 5.82 Å². The minimum atomic E-state index is -0.224. The van der Waals surface area contributed by atoms with Gasteiger partial charge in [-0.3, -0.25) is 9.59 Å². The summed E-state index contributed by atoms with van der Waals surface area (Å²) >= 11 is 0. The van der Waals surface area contributed by atoms with E-state index in [0.717, 1.165) is 10.9 Å². The summed E-state index contributed by atoms with van der Waals surface area (Å²) in [6.45, 7) is 7.25. The van der Waals surface area contributed by atoms with Crippen molar-refractivity contribution in [2.75, 3.05) is 18.4 Å². The monoisotopic (exact) mass is 476 g/mol. The number of aliphatic imine (C=N–C) groups is 1. The Morgan fingerprint density at radius 2 is 1.83 bits per heavy atom. The van der Waals surface area contributed by atoms with Crippen molar-refractivity contribution >= 4 is 28.4 Å². The lowest BCUT2D eigenvalue weighted by atomic mass is 9.93. The van der Waals surface area contributed by atoms with Gasteiger partial charge in [-0.25, -0.2) is 10.1 Å². The van der Waals surface area contributed by atoms with E-state index in [1.807, 2.05) is 49.4 Å². The van der Waals surface area contributed by atoms with Crippen molar-refractivity contribution in [1.82, 2.24) is 21.0 Å². The zero-order valence-corrected chi connectivity index (χ0v) is 20.4. The molecule has 0 fully saturated rings. The van der Waals surface area contributed by atoms with E-state index in [2.05, 4.69) is 45.2 Å². The molecule has 1 aliphatic heterocycles. The van der Waals surface area contributed by atoms with Crippen molar-refractivity contribution in [1.29, 1.82) is 0 Å². The topological polar surface area (TPSA) is 120 Å². The molecule has 2 heterocycles. The molecule has 3 aromatic rings. The number of nitrogens with one attached hydrogen (secondary N) is 4. The Hall–Kier alpha value is -3.72. The van der Waals surface area contributed by atoms with E-state index in [4.69, 9.17) is 4.84 Å². The predicted octanol–water partition coefficient (Wildman–Crippen LogP) is 3.59. The summed E-state index contributed by atoms with van der Waals surface area (Å²) in [7, 11) is 0. The van der Waals surface area contributed by atoms with Crippen LogP contribution in [0.5, 0.6) is 0 Å². The third kappa shape index (κ3) is 6.45. The molecule has 0 saturated heterocycles. The number of rotatable bonds is 10. The van der Waals surface area contributed by atoms with Gasteiger partial charge in [-0.2, -0.15) is 5.10 Å². The molecule has 1 aliphatic rings. The molecule has 35 heavy (non-hydrogen) atoms. The van der Waals surface area contributed by atoms with Gasteiger partial charge in [0.05, 0.1) is 5.39 Å². The summed E-state index contributed by atoms with van der Waals surface area (Å²) in [4.78, 5) is 34.4. The second-order valence-electron chi connectivity index (χ2n) is 9.65. The molecule has 0 aliphatic carbocycles. The predicted molar refractivity (Wildman–Crippen MR) is 137 cm³/mol. The van der Waals surface area contributed by atoms with Crippen LogP contribution in [-0.4, -0.2) is 35.1 Å². The number of benzene rings is 2. The van der Waals surface area contributed by atoms with E-state index < -0.39 is 0 Å². The molecule has 1 atom stereocenters. The van der Waals surface area contributed by atoms with E-state index >= 15 is 0 Å². The highest BCUT2D eigenvalue weighted by atomic mass is 16.7. The van der Waals surface area contributed by atoms with Crippen LogP contribution >= 0.6 is 0 Å². The zero-order chi connectivity index (χ0) is 24.8. The standard InChI is InChI=1S/C26H32N6O3/c1-17-11-13-18(14-12-17)23-29-22(35-32-23)10-6-9-21(33)27-15-26(2,3)16-28-24-19-7-4-5-8-20(19)25(34)31-30-24/h4-5,7-8,11-14,23,32H,6,9-10,15-16H2,1-3H3,(H,27,33)(H,28,30)(H,31,34). The highest BCUT2D eigenvalue weighted by Crippen LogP contribution is 2.22. The average Bonchev–Trinajstić information content (AvgIpc) is 3.32. The number of nitrogens with zero attached hydrogens (tertiary/aromatic N) is 2. The number of hydroxylamine groups is 1. The lowest BCUT2D eigenvalue weighted by Crippen LogP contribution is -2.38. The normalized spacial score (nSPS) is 15.5. The van der Waals surface area contributed by atoms with Gasteiger partial charge < -0.3 is 15.5 Å². The Labute approximate surface area is 204 Å². The maximum atomic E-state index is 12.4. The Morgan fingerprint density at radius 3 is 2.60 bits per heavy atom. The molecule has 4 N–H and O–H groups in total. The van der Waals surface area contributed by atoms with Gasteiger partial charge in [0.2, 0.25) is 11.8 Å². The summed E-state index contributed by atoms with van der Waals surface area (Å²) in [5.41, 5.74) is 4.74. The Kier molecular flexibility index (Phi) is 7.45. The Morgan fingerprint density at radius 1 is 1.09 bits per heavy atom. The van der Waals surface area contributed by atoms with Crippen LogP contribution in [0, 0.1) is 12.3 Å².